The van der Waals surface area contributed by atoms with Crippen LogP contribution in [0.2, 0.25) is 10.0 Å². The molecule has 0 aromatic heterocycles. The molecule has 0 aliphatic heterocycles. The van der Waals surface area contributed by atoms with Crippen molar-refractivity contribution in [1.82, 2.24) is 0 Å². The van der Waals surface area contributed by atoms with Crippen LogP contribution in [0.1, 0.15) is 0 Å². The number of hydrogen-bond donors (Lipinski definition) is 1. The van der Waals surface area contributed by atoms with E-state index in [1.807, 2.05) is 0 Å². The SMILES string of the molecule is COc1cc(OCC(=O)Nc2cc(Cl)ccc2Cl)ccc1[N+](=O)[O-]. The molecule has 2 rings (SSSR count). The van der Waals surface area contributed by atoms with Crippen LogP contribution in [0, 0.1) is 10.1 Å². The molecule has 7 nitrogen and oxygen atoms in total. The molecule has 0 saturated carbocycles. The first kappa shape index (κ1) is 17.8. The molecule has 0 spiro atoms. The molecule has 0 saturated heterocycles. The Morgan fingerprint density at radius 2 is 2.00 bits per heavy atom. The molecule has 2 aromatic carbocycles. The summed E-state index contributed by atoms with van der Waals surface area (Å²) in [6.07, 6.45) is 0. The van der Waals surface area contributed by atoms with Crippen molar-refractivity contribution in [2.45, 2.75) is 0 Å². The van der Waals surface area contributed by atoms with Crippen molar-refractivity contribution in [1.29, 1.82) is 0 Å². The highest BCUT2D eigenvalue weighted by Gasteiger charge is 2.16. The summed E-state index contributed by atoms with van der Waals surface area (Å²) in [4.78, 5) is 22.1. The minimum absolute atomic E-state index is 0.0378. The smallest absolute Gasteiger partial charge is 0.311 e. The van der Waals surface area contributed by atoms with Crippen LogP contribution in [0.15, 0.2) is 36.4 Å². The quantitative estimate of drug-likeness (QED) is 0.614. The minimum atomic E-state index is -0.573. The number of benzene rings is 2. The van der Waals surface area contributed by atoms with E-state index >= 15 is 0 Å². The monoisotopic (exact) mass is 370 g/mol. The van der Waals surface area contributed by atoms with Crippen LogP contribution in [-0.2, 0) is 4.79 Å². The molecule has 0 atom stereocenters. The van der Waals surface area contributed by atoms with Gasteiger partial charge in [0.15, 0.2) is 6.61 Å². The van der Waals surface area contributed by atoms with Gasteiger partial charge in [0.25, 0.3) is 5.91 Å². The fraction of sp³-hybridized carbons (Fsp3) is 0.133. The summed E-state index contributed by atoms with van der Waals surface area (Å²) in [5.74, 6) is -0.169. The van der Waals surface area contributed by atoms with Gasteiger partial charge in [-0.2, -0.15) is 0 Å². The summed E-state index contributed by atoms with van der Waals surface area (Å²) in [6.45, 7) is -0.316. The van der Waals surface area contributed by atoms with Crippen LogP contribution in [0.3, 0.4) is 0 Å². The number of hydrogen-bond acceptors (Lipinski definition) is 5. The number of carbonyl (C=O) groups is 1. The maximum atomic E-state index is 11.9. The predicted molar refractivity (Wildman–Crippen MR) is 90.2 cm³/mol. The fourth-order valence-corrected chi connectivity index (χ4v) is 2.16. The molecule has 24 heavy (non-hydrogen) atoms. The van der Waals surface area contributed by atoms with Crippen LogP contribution >= 0.6 is 23.2 Å². The van der Waals surface area contributed by atoms with E-state index in [4.69, 9.17) is 32.7 Å². The molecule has 9 heteroatoms. The highest BCUT2D eigenvalue weighted by molar-refractivity contribution is 6.35. The highest BCUT2D eigenvalue weighted by Crippen LogP contribution is 2.31. The van der Waals surface area contributed by atoms with E-state index < -0.39 is 10.8 Å². The van der Waals surface area contributed by atoms with E-state index in [1.165, 1.54) is 31.4 Å². The first-order valence-corrected chi connectivity index (χ1v) is 7.36. The Morgan fingerprint density at radius 1 is 1.25 bits per heavy atom. The average Bonchev–Trinajstić information content (AvgIpc) is 2.55. The normalized spacial score (nSPS) is 10.1. The summed E-state index contributed by atoms with van der Waals surface area (Å²) in [6, 6.07) is 8.61. The van der Waals surface area contributed by atoms with Gasteiger partial charge >= 0.3 is 5.69 Å². The van der Waals surface area contributed by atoms with E-state index in [1.54, 1.807) is 12.1 Å². The Morgan fingerprint density at radius 3 is 2.67 bits per heavy atom. The van der Waals surface area contributed by atoms with Crippen LogP contribution in [0.4, 0.5) is 11.4 Å². The molecule has 0 fully saturated rings. The first-order valence-electron chi connectivity index (χ1n) is 6.61. The number of amides is 1. The van der Waals surface area contributed by atoms with E-state index in [0.717, 1.165) is 0 Å². The highest BCUT2D eigenvalue weighted by atomic mass is 35.5. The summed E-state index contributed by atoms with van der Waals surface area (Å²) in [7, 11) is 1.31. The van der Waals surface area contributed by atoms with Crippen molar-refractivity contribution in [2.75, 3.05) is 19.0 Å². The fourth-order valence-electron chi connectivity index (χ4n) is 1.83. The van der Waals surface area contributed by atoms with Gasteiger partial charge in [0.2, 0.25) is 5.75 Å². The molecular formula is C15H12Cl2N2O5. The van der Waals surface area contributed by atoms with Crippen molar-refractivity contribution in [3.63, 3.8) is 0 Å². The summed E-state index contributed by atoms with van der Waals surface area (Å²) in [5.41, 5.74) is 0.166. The number of halogens is 2. The largest absolute Gasteiger partial charge is 0.490 e. The molecule has 1 amide bonds. The lowest BCUT2D eigenvalue weighted by atomic mass is 10.3. The third-order valence-electron chi connectivity index (χ3n) is 2.92. The molecule has 126 valence electrons. The number of nitro benzene ring substituents is 1. The Labute approximate surface area is 147 Å². The number of nitrogens with zero attached hydrogens (tertiary/aromatic N) is 1. The van der Waals surface area contributed by atoms with Gasteiger partial charge in [-0.3, -0.25) is 14.9 Å². The number of rotatable bonds is 6. The van der Waals surface area contributed by atoms with Crippen molar-refractivity contribution < 1.29 is 19.2 Å². The number of nitro groups is 1. The third kappa shape index (κ3) is 4.50. The Hall–Kier alpha value is -2.51. The molecule has 2 aromatic rings. The number of carbonyl (C=O) groups excluding carboxylic acids is 1. The lowest BCUT2D eigenvalue weighted by Gasteiger charge is -2.10. The van der Waals surface area contributed by atoms with Crippen molar-refractivity contribution in [2.24, 2.45) is 0 Å². The van der Waals surface area contributed by atoms with Crippen molar-refractivity contribution in [3.05, 3.63) is 56.6 Å². The standard InChI is InChI=1S/C15H12Cl2N2O5/c1-23-14-7-10(3-5-13(14)19(21)22)24-8-15(20)18-12-6-9(16)2-4-11(12)17/h2-7H,8H2,1H3,(H,18,20). The summed E-state index contributed by atoms with van der Waals surface area (Å²) in [5, 5.41) is 14.1. The second-order valence-electron chi connectivity index (χ2n) is 4.55. The number of anilines is 1. The average molecular weight is 371 g/mol. The van der Waals surface area contributed by atoms with E-state index in [0.29, 0.717) is 15.7 Å². The van der Waals surface area contributed by atoms with Crippen LogP contribution in [-0.4, -0.2) is 24.5 Å². The molecule has 0 aliphatic rings. The second kappa shape index (κ2) is 7.85. The molecule has 0 heterocycles. The van der Waals surface area contributed by atoms with E-state index in [-0.39, 0.29) is 23.8 Å². The zero-order chi connectivity index (χ0) is 17.7. The van der Waals surface area contributed by atoms with Crippen molar-refractivity contribution >= 4 is 40.5 Å². The molecule has 1 N–H and O–H groups in total. The van der Waals surface area contributed by atoms with E-state index in [2.05, 4.69) is 5.32 Å². The molecule has 0 unspecified atom stereocenters. The second-order valence-corrected chi connectivity index (χ2v) is 5.40. The van der Waals surface area contributed by atoms with Crippen LogP contribution < -0.4 is 14.8 Å². The molecule has 0 aliphatic carbocycles. The first-order chi connectivity index (χ1) is 11.4. The lowest BCUT2D eigenvalue weighted by Crippen LogP contribution is -2.20. The van der Waals surface area contributed by atoms with Crippen molar-refractivity contribution in [3.8, 4) is 11.5 Å². The summed E-state index contributed by atoms with van der Waals surface area (Å²) >= 11 is 11.8. The number of methoxy groups -OCH3 is 1. The zero-order valence-electron chi connectivity index (χ0n) is 12.4. The Bertz CT molecular complexity index is 782. The van der Waals surface area contributed by atoms with Gasteiger partial charge in [0, 0.05) is 17.2 Å². The molecule has 0 radical (unpaired) electrons. The third-order valence-corrected chi connectivity index (χ3v) is 3.48. The molecular weight excluding hydrogens is 359 g/mol. The van der Waals surface area contributed by atoms with Gasteiger partial charge in [-0.05, 0) is 24.3 Å². The van der Waals surface area contributed by atoms with Crippen LogP contribution in [0.25, 0.3) is 0 Å². The topological polar surface area (TPSA) is 90.7 Å². The van der Waals surface area contributed by atoms with Gasteiger partial charge < -0.3 is 14.8 Å². The number of nitrogens with one attached hydrogen (secondary N) is 1. The van der Waals surface area contributed by atoms with Gasteiger partial charge in [-0.1, -0.05) is 23.2 Å². The van der Waals surface area contributed by atoms with Gasteiger partial charge in [0.1, 0.15) is 5.75 Å². The maximum Gasteiger partial charge on any atom is 0.311 e. The molecule has 0 bridgehead atoms. The van der Waals surface area contributed by atoms with E-state index in [9.17, 15) is 14.9 Å². The Kier molecular flexibility index (Phi) is 5.83. The van der Waals surface area contributed by atoms with Crippen LogP contribution in [0.5, 0.6) is 11.5 Å². The predicted octanol–water partition coefficient (Wildman–Crippen LogP) is 3.93. The lowest BCUT2D eigenvalue weighted by molar-refractivity contribution is -0.385. The minimum Gasteiger partial charge on any atom is -0.490 e. The zero-order valence-corrected chi connectivity index (χ0v) is 13.9. The number of ether oxygens (including phenoxy) is 2. The van der Waals surface area contributed by atoms with Gasteiger partial charge in [0.05, 0.1) is 22.7 Å². The van der Waals surface area contributed by atoms with Gasteiger partial charge in [-0.15, -0.1) is 0 Å². The maximum absolute atomic E-state index is 11.9. The Balaban J connectivity index is 2.01. The van der Waals surface area contributed by atoms with Gasteiger partial charge in [-0.25, -0.2) is 0 Å². The summed E-state index contributed by atoms with van der Waals surface area (Å²) < 4.78 is 10.2.